The molecule has 3 nitrogen and oxygen atoms in total. The van der Waals surface area contributed by atoms with Gasteiger partial charge in [0.2, 0.25) is 0 Å². The highest BCUT2D eigenvalue weighted by Crippen LogP contribution is 2.14. The van der Waals surface area contributed by atoms with E-state index in [4.69, 9.17) is 0 Å². The fraction of sp³-hybridized carbons (Fsp3) is 0.583. The fourth-order valence-corrected chi connectivity index (χ4v) is 1.32. The normalized spacial score (nSPS) is 11.8. The molecule has 0 atom stereocenters. The van der Waals surface area contributed by atoms with Crippen LogP contribution in [0.1, 0.15) is 17.7 Å². The second-order valence-electron chi connectivity index (χ2n) is 4.01. The van der Waals surface area contributed by atoms with E-state index >= 15 is 0 Å². The Balaban J connectivity index is 2.00. The number of nitrogens with one attached hydrogen (secondary N) is 1. The van der Waals surface area contributed by atoms with Gasteiger partial charge in [0.25, 0.3) is 0 Å². The Bertz CT molecular complexity index is 338. The van der Waals surface area contributed by atoms with Gasteiger partial charge in [-0.25, -0.2) is 0 Å². The van der Waals surface area contributed by atoms with E-state index in [2.05, 4.69) is 15.0 Å². The molecule has 0 saturated heterocycles. The first-order chi connectivity index (χ1) is 8.47. The van der Waals surface area contributed by atoms with Crippen LogP contribution in [0.25, 0.3) is 0 Å². The number of pyridine rings is 1. The van der Waals surface area contributed by atoms with Gasteiger partial charge in [-0.2, -0.15) is 13.2 Å². The third-order valence-electron chi connectivity index (χ3n) is 2.21. The Kier molecular flexibility index (Phi) is 6.07. The predicted octanol–water partition coefficient (Wildman–Crippen LogP) is 2.45. The summed E-state index contributed by atoms with van der Waals surface area (Å²) in [5, 5.41) is 3.12. The summed E-state index contributed by atoms with van der Waals surface area (Å²) in [5.41, 5.74) is 2.01. The van der Waals surface area contributed by atoms with Gasteiger partial charge in [0.1, 0.15) is 6.61 Å². The molecule has 0 saturated carbocycles. The number of ether oxygens (including phenoxy) is 1. The SMILES string of the molecule is Cc1ccc(CNCCCOCC(F)(F)F)cn1. The summed E-state index contributed by atoms with van der Waals surface area (Å²) in [6.45, 7) is 2.13. The molecule has 1 aromatic rings. The number of aryl methyl sites for hydroxylation is 1. The van der Waals surface area contributed by atoms with Crippen LogP contribution in [-0.4, -0.2) is 30.9 Å². The van der Waals surface area contributed by atoms with Crippen molar-refractivity contribution in [1.82, 2.24) is 10.3 Å². The summed E-state index contributed by atoms with van der Waals surface area (Å²) in [6, 6.07) is 3.89. The number of aromatic nitrogens is 1. The Morgan fingerprint density at radius 1 is 1.33 bits per heavy atom. The highest BCUT2D eigenvalue weighted by molar-refractivity contribution is 5.12. The lowest BCUT2D eigenvalue weighted by Crippen LogP contribution is -2.20. The molecule has 0 aliphatic carbocycles. The van der Waals surface area contributed by atoms with E-state index < -0.39 is 12.8 Å². The lowest BCUT2D eigenvalue weighted by molar-refractivity contribution is -0.173. The fourth-order valence-electron chi connectivity index (χ4n) is 1.32. The van der Waals surface area contributed by atoms with Crippen LogP contribution in [0.4, 0.5) is 13.2 Å². The van der Waals surface area contributed by atoms with Crippen molar-refractivity contribution in [2.45, 2.75) is 26.1 Å². The molecule has 0 aromatic carbocycles. The molecule has 102 valence electrons. The van der Waals surface area contributed by atoms with Crippen LogP contribution < -0.4 is 5.32 Å². The molecule has 0 aliphatic heterocycles. The van der Waals surface area contributed by atoms with E-state index in [0.717, 1.165) is 11.3 Å². The van der Waals surface area contributed by atoms with Gasteiger partial charge in [-0.1, -0.05) is 6.07 Å². The van der Waals surface area contributed by atoms with Gasteiger partial charge in [-0.3, -0.25) is 4.98 Å². The van der Waals surface area contributed by atoms with Crippen molar-refractivity contribution in [3.8, 4) is 0 Å². The molecule has 0 bridgehead atoms. The minimum Gasteiger partial charge on any atom is -0.372 e. The van der Waals surface area contributed by atoms with Crippen molar-refractivity contribution in [3.63, 3.8) is 0 Å². The zero-order valence-electron chi connectivity index (χ0n) is 10.3. The maximum atomic E-state index is 11.7. The van der Waals surface area contributed by atoms with Crippen LogP contribution in [0.3, 0.4) is 0 Å². The quantitative estimate of drug-likeness (QED) is 0.766. The molecule has 1 N–H and O–H groups in total. The molecule has 0 unspecified atom stereocenters. The van der Waals surface area contributed by atoms with E-state index in [0.29, 0.717) is 19.5 Å². The number of nitrogens with zero attached hydrogens (tertiary/aromatic N) is 1. The topological polar surface area (TPSA) is 34.1 Å². The van der Waals surface area contributed by atoms with Gasteiger partial charge >= 0.3 is 6.18 Å². The Labute approximate surface area is 104 Å². The molecular weight excluding hydrogens is 245 g/mol. The van der Waals surface area contributed by atoms with Gasteiger partial charge in [-0.15, -0.1) is 0 Å². The molecule has 18 heavy (non-hydrogen) atoms. The molecule has 6 heteroatoms. The van der Waals surface area contributed by atoms with Gasteiger partial charge in [0.05, 0.1) is 0 Å². The first kappa shape index (κ1) is 14.9. The van der Waals surface area contributed by atoms with Gasteiger partial charge in [0, 0.05) is 25.0 Å². The lowest BCUT2D eigenvalue weighted by atomic mass is 10.2. The van der Waals surface area contributed by atoms with Crippen LogP contribution in [0.5, 0.6) is 0 Å². The number of rotatable bonds is 7. The zero-order valence-corrected chi connectivity index (χ0v) is 10.3. The van der Waals surface area contributed by atoms with Crippen LogP contribution in [0.2, 0.25) is 0 Å². The number of hydrogen-bond donors (Lipinski definition) is 1. The molecule has 0 aliphatic rings. The van der Waals surface area contributed by atoms with E-state index in [9.17, 15) is 13.2 Å². The smallest absolute Gasteiger partial charge is 0.372 e. The molecule has 0 fully saturated rings. The Morgan fingerprint density at radius 2 is 2.11 bits per heavy atom. The summed E-state index contributed by atoms with van der Waals surface area (Å²) in [6.07, 6.45) is -1.90. The average molecular weight is 262 g/mol. The van der Waals surface area contributed by atoms with E-state index in [1.165, 1.54) is 0 Å². The van der Waals surface area contributed by atoms with Gasteiger partial charge in [-0.05, 0) is 31.5 Å². The van der Waals surface area contributed by atoms with Crippen molar-refractivity contribution in [2.75, 3.05) is 19.8 Å². The predicted molar refractivity (Wildman–Crippen MR) is 62.2 cm³/mol. The van der Waals surface area contributed by atoms with Crippen molar-refractivity contribution in [2.24, 2.45) is 0 Å². The van der Waals surface area contributed by atoms with E-state index in [1.54, 1.807) is 6.20 Å². The van der Waals surface area contributed by atoms with E-state index in [-0.39, 0.29) is 6.61 Å². The summed E-state index contributed by atoms with van der Waals surface area (Å²) in [5.74, 6) is 0. The minimum atomic E-state index is -4.24. The Hall–Kier alpha value is -1.14. The van der Waals surface area contributed by atoms with Crippen molar-refractivity contribution < 1.29 is 17.9 Å². The molecular formula is C12H17F3N2O. The highest BCUT2D eigenvalue weighted by Gasteiger charge is 2.27. The summed E-state index contributed by atoms with van der Waals surface area (Å²) >= 11 is 0. The zero-order chi connectivity index (χ0) is 13.4. The van der Waals surface area contributed by atoms with Crippen LogP contribution >= 0.6 is 0 Å². The molecule has 0 amide bonds. The third kappa shape index (κ3) is 7.24. The third-order valence-corrected chi connectivity index (χ3v) is 2.21. The highest BCUT2D eigenvalue weighted by atomic mass is 19.4. The summed E-state index contributed by atoms with van der Waals surface area (Å²) in [7, 11) is 0. The molecule has 1 heterocycles. The lowest BCUT2D eigenvalue weighted by Gasteiger charge is -2.08. The molecule has 1 rings (SSSR count). The van der Waals surface area contributed by atoms with E-state index in [1.807, 2.05) is 19.1 Å². The monoisotopic (exact) mass is 262 g/mol. The maximum absolute atomic E-state index is 11.7. The van der Waals surface area contributed by atoms with Gasteiger partial charge < -0.3 is 10.1 Å². The first-order valence-electron chi connectivity index (χ1n) is 5.74. The second kappa shape index (κ2) is 7.33. The number of halogens is 3. The van der Waals surface area contributed by atoms with Crippen LogP contribution in [0.15, 0.2) is 18.3 Å². The average Bonchev–Trinajstić information content (AvgIpc) is 2.29. The van der Waals surface area contributed by atoms with Gasteiger partial charge in [0.15, 0.2) is 0 Å². The standard InChI is InChI=1S/C12H17F3N2O/c1-10-3-4-11(8-17-10)7-16-5-2-6-18-9-12(13,14)15/h3-4,8,16H,2,5-7,9H2,1H3. The maximum Gasteiger partial charge on any atom is 0.411 e. The van der Waals surface area contributed by atoms with Crippen molar-refractivity contribution in [1.29, 1.82) is 0 Å². The molecule has 0 spiro atoms. The minimum absolute atomic E-state index is 0.110. The first-order valence-corrected chi connectivity index (χ1v) is 5.74. The van der Waals surface area contributed by atoms with Crippen LogP contribution in [-0.2, 0) is 11.3 Å². The summed E-state index contributed by atoms with van der Waals surface area (Å²) in [4.78, 5) is 4.14. The molecule has 1 aromatic heterocycles. The van der Waals surface area contributed by atoms with Crippen molar-refractivity contribution in [3.05, 3.63) is 29.6 Å². The Morgan fingerprint density at radius 3 is 2.72 bits per heavy atom. The van der Waals surface area contributed by atoms with Crippen LogP contribution in [0, 0.1) is 6.92 Å². The summed E-state index contributed by atoms with van der Waals surface area (Å²) < 4.78 is 39.7. The largest absolute Gasteiger partial charge is 0.411 e. The molecule has 0 radical (unpaired) electrons. The number of alkyl halides is 3. The second-order valence-corrected chi connectivity index (χ2v) is 4.01. The number of hydrogen-bond acceptors (Lipinski definition) is 3. The van der Waals surface area contributed by atoms with Crippen molar-refractivity contribution >= 4 is 0 Å².